The Balaban J connectivity index is 3.07. The third-order valence-electron chi connectivity index (χ3n) is 1.10. The molecule has 3 heteroatoms. The molecule has 0 saturated carbocycles. The van der Waals surface area contributed by atoms with Gasteiger partial charge in [0.1, 0.15) is 18.2 Å². The molecule has 1 rings (SSSR count). The van der Waals surface area contributed by atoms with Gasteiger partial charge in [-0.1, -0.05) is 6.07 Å². The molecule has 0 atom stereocenters. The van der Waals surface area contributed by atoms with E-state index in [1.807, 2.05) is 0 Å². The Labute approximate surface area is 56.9 Å². The molecule has 0 spiro atoms. The van der Waals surface area contributed by atoms with Crippen LogP contribution in [-0.4, -0.2) is 5.11 Å². The van der Waals surface area contributed by atoms with Gasteiger partial charge in [0.05, 0.1) is 0 Å². The normalized spacial score (nSPS) is 9.90. The van der Waals surface area contributed by atoms with Gasteiger partial charge in [0.25, 0.3) is 0 Å². The summed E-state index contributed by atoms with van der Waals surface area (Å²) in [6.07, 6.45) is 0. The van der Waals surface area contributed by atoms with Crippen molar-refractivity contribution in [3.8, 4) is 0 Å². The summed E-state index contributed by atoms with van der Waals surface area (Å²) >= 11 is 0. The molecule has 0 aromatic heterocycles. The topological polar surface area (TPSA) is 20.2 Å². The van der Waals surface area contributed by atoms with Crippen LogP contribution in [0.4, 0.5) is 8.78 Å². The summed E-state index contributed by atoms with van der Waals surface area (Å²) in [5, 5.41) is 8.32. The van der Waals surface area contributed by atoms with Gasteiger partial charge in [0, 0.05) is 11.6 Å². The molecule has 1 aromatic rings. The zero-order valence-electron chi connectivity index (χ0n) is 5.01. The monoisotopic (exact) mass is 143 g/mol. The average Bonchev–Trinajstić information content (AvgIpc) is 1.88. The Morgan fingerprint density at radius 3 is 2.50 bits per heavy atom. The lowest BCUT2D eigenvalue weighted by molar-refractivity contribution is 0.406. The van der Waals surface area contributed by atoms with E-state index in [2.05, 4.69) is 0 Å². The Bertz CT molecular complexity index is 235. The molecule has 0 fully saturated rings. The molecule has 0 heterocycles. The van der Waals surface area contributed by atoms with Gasteiger partial charge >= 0.3 is 0 Å². The van der Waals surface area contributed by atoms with Crippen molar-refractivity contribution >= 4 is 0 Å². The summed E-state index contributed by atoms with van der Waals surface area (Å²) < 4.78 is 24.6. The van der Waals surface area contributed by atoms with Crippen LogP contribution >= 0.6 is 0 Å². The highest BCUT2D eigenvalue weighted by Crippen LogP contribution is 2.09. The molecule has 0 aliphatic carbocycles. The minimum atomic E-state index is -0.762. The van der Waals surface area contributed by atoms with Crippen LogP contribution in [0.5, 0.6) is 0 Å². The molecule has 0 aliphatic heterocycles. The van der Waals surface area contributed by atoms with E-state index in [1.165, 1.54) is 0 Å². The Kier molecular flexibility index (Phi) is 1.97. The molecule has 0 amide bonds. The van der Waals surface area contributed by atoms with Crippen LogP contribution in [0.2, 0.25) is 0 Å². The quantitative estimate of drug-likeness (QED) is 0.636. The predicted molar refractivity (Wildman–Crippen MR) is 31.7 cm³/mol. The maximum Gasteiger partial charge on any atom is 0.132 e. The number of hydrogen-bond donors (Lipinski definition) is 1. The van der Waals surface area contributed by atoms with E-state index < -0.39 is 11.6 Å². The predicted octanol–water partition coefficient (Wildman–Crippen LogP) is 1.85. The molecular formula is C7H5F2O. The number of aliphatic hydroxyl groups excluding tert-OH is 1. The van der Waals surface area contributed by atoms with Crippen molar-refractivity contribution in [3.63, 3.8) is 0 Å². The van der Waals surface area contributed by atoms with Gasteiger partial charge in [0.15, 0.2) is 0 Å². The highest BCUT2D eigenvalue weighted by Gasteiger charge is 2.00. The molecule has 1 N–H and O–H groups in total. The van der Waals surface area contributed by atoms with Gasteiger partial charge < -0.3 is 5.11 Å². The molecule has 0 aliphatic rings. The highest BCUT2D eigenvalue weighted by atomic mass is 19.1. The molecule has 0 saturated heterocycles. The van der Waals surface area contributed by atoms with Crippen molar-refractivity contribution < 1.29 is 13.9 Å². The first-order chi connectivity index (χ1) is 4.74. The fraction of sp³-hybridized carbons (Fsp3) is 0. The summed E-state index contributed by atoms with van der Waals surface area (Å²) in [6, 6.07) is 2.94. The SMILES string of the molecule is O[CH]c1ccc(F)cc1F. The Hall–Kier alpha value is -0.960. The summed E-state index contributed by atoms with van der Waals surface area (Å²) in [7, 11) is 0. The standard InChI is InChI=1S/C7H5F2O/c8-6-2-1-5(4-10)7(9)3-6/h1-4,10H. The van der Waals surface area contributed by atoms with Crippen LogP contribution in [0, 0.1) is 18.2 Å². The van der Waals surface area contributed by atoms with Crippen molar-refractivity contribution in [3.05, 3.63) is 42.0 Å². The number of rotatable bonds is 1. The molecule has 53 valence electrons. The fourth-order valence-corrected chi connectivity index (χ4v) is 0.606. The maximum atomic E-state index is 12.4. The molecule has 10 heavy (non-hydrogen) atoms. The summed E-state index contributed by atoms with van der Waals surface area (Å²) in [6.45, 7) is 0.592. The zero-order chi connectivity index (χ0) is 7.56. The minimum Gasteiger partial charge on any atom is -0.385 e. The lowest BCUT2D eigenvalue weighted by atomic mass is 10.2. The van der Waals surface area contributed by atoms with Gasteiger partial charge in [-0.05, 0) is 6.07 Å². The summed E-state index contributed by atoms with van der Waals surface area (Å²) in [5.41, 5.74) is -0.0126. The van der Waals surface area contributed by atoms with Crippen LogP contribution < -0.4 is 0 Å². The molecular weight excluding hydrogens is 138 g/mol. The van der Waals surface area contributed by atoms with E-state index in [0.717, 1.165) is 12.1 Å². The first-order valence-electron chi connectivity index (χ1n) is 2.66. The van der Waals surface area contributed by atoms with Crippen molar-refractivity contribution in [2.45, 2.75) is 0 Å². The Morgan fingerprint density at radius 1 is 1.30 bits per heavy atom. The first-order valence-corrected chi connectivity index (χ1v) is 2.66. The molecule has 0 unspecified atom stereocenters. The molecule has 0 bridgehead atoms. The summed E-state index contributed by atoms with van der Waals surface area (Å²) in [5.74, 6) is -1.41. The van der Waals surface area contributed by atoms with Crippen molar-refractivity contribution in [1.82, 2.24) is 0 Å². The number of halogens is 2. The average molecular weight is 143 g/mol. The van der Waals surface area contributed by atoms with Crippen LogP contribution in [0.3, 0.4) is 0 Å². The van der Waals surface area contributed by atoms with Crippen molar-refractivity contribution in [2.24, 2.45) is 0 Å². The first kappa shape index (κ1) is 7.15. The van der Waals surface area contributed by atoms with Crippen LogP contribution in [-0.2, 0) is 0 Å². The second kappa shape index (κ2) is 2.75. The van der Waals surface area contributed by atoms with Crippen LogP contribution in [0.15, 0.2) is 18.2 Å². The lowest BCUT2D eigenvalue weighted by Gasteiger charge is -1.95. The van der Waals surface area contributed by atoms with Crippen LogP contribution in [0.25, 0.3) is 0 Å². The Morgan fingerprint density at radius 2 is 2.00 bits per heavy atom. The second-order valence-electron chi connectivity index (χ2n) is 1.79. The molecule has 1 nitrogen and oxygen atoms in total. The van der Waals surface area contributed by atoms with E-state index in [-0.39, 0.29) is 5.56 Å². The van der Waals surface area contributed by atoms with E-state index in [4.69, 9.17) is 5.11 Å². The van der Waals surface area contributed by atoms with Gasteiger partial charge in [-0.3, -0.25) is 0 Å². The highest BCUT2D eigenvalue weighted by molar-refractivity contribution is 5.22. The van der Waals surface area contributed by atoms with E-state index in [1.54, 1.807) is 0 Å². The number of aliphatic hydroxyl groups is 1. The van der Waals surface area contributed by atoms with E-state index >= 15 is 0 Å². The number of hydrogen-bond acceptors (Lipinski definition) is 1. The van der Waals surface area contributed by atoms with Gasteiger partial charge in [0.2, 0.25) is 0 Å². The number of benzene rings is 1. The van der Waals surface area contributed by atoms with Crippen molar-refractivity contribution in [2.75, 3.05) is 0 Å². The summed E-state index contributed by atoms with van der Waals surface area (Å²) in [4.78, 5) is 0. The third-order valence-corrected chi connectivity index (χ3v) is 1.10. The smallest absolute Gasteiger partial charge is 0.132 e. The third kappa shape index (κ3) is 1.30. The zero-order valence-corrected chi connectivity index (χ0v) is 5.01. The maximum absolute atomic E-state index is 12.4. The van der Waals surface area contributed by atoms with Crippen LogP contribution in [0.1, 0.15) is 5.56 Å². The van der Waals surface area contributed by atoms with E-state index in [0.29, 0.717) is 12.7 Å². The lowest BCUT2D eigenvalue weighted by Crippen LogP contribution is -1.87. The second-order valence-corrected chi connectivity index (χ2v) is 1.79. The fourth-order valence-electron chi connectivity index (χ4n) is 0.606. The van der Waals surface area contributed by atoms with Gasteiger partial charge in [-0.25, -0.2) is 8.78 Å². The largest absolute Gasteiger partial charge is 0.385 e. The van der Waals surface area contributed by atoms with Crippen molar-refractivity contribution in [1.29, 1.82) is 0 Å². The molecule has 1 aromatic carbocycles. The van der Waals surface area contributed by atoms with Gasteiger partial charge in [-0.15, -0.1) is 0 Å². The minimum absolute atomic E-state index is 0.0126. The molecule has 1 radical (unpaired) electrons. The van der Waals surface area contributed by atoms with Gasteiger partial charge in [-0.2, -0.15) is 0 Å². The van der Waals surface area contributed by atoms with E-state index in [9.17, 15) is 8.78 Å².